The first-order chi connectivity index (χ1) is 12.1. The lowest BCUT2D eigenvalue weighted by Gasteiger charge is -2.53. The summed E-state index contributed by atoms with van der Waals surface area (Å²) in [6, 6.07) is 0. The van der Waals surface area contributed by atoms with Crippen molar-refractivity contribution in [2.24, 2.45) is 0 Å². The van der Waals surface area contributed by atoms with E-state index in [1.54, 1.807) is 11.3 Å². The molecule has 0 aliphatic carbocycles. The van der Waals surface area contributed by atoms with E-state index in [1.807, 2.05) is 11.8 Å². The third-order valence-electron chi connectivity index (χ3n) is 5.42. The maximum atomic E-state index is 12.3. The average Bonchev–Trinajstić information content (AvgIpc) is 3.23. The van der Waals surface area contributed by atoms with E-state index in [1.165, 1.54) is 0 Å². The molecule has 6 nitrogen and oxygen atoms in total. The van der Waals surface area contributed by atoms with Gasteiger partial charge in [0.25, 0.3) is 0 Å². The van der Waals surface area contributed by atoms with Gasteiger partial charge in [-0.2, -0.15) is 0 Å². The molecule has 0 saturated carbocycles. The summed E-state index contributed by atoms with van der Waals surface area (Å²) in [5, 5.41) is 3.15. The fourth-order valence-electron chi connectivity index (χ4n) is 4.16. The molecule has 1 aromatic heterocycles. The van der Waals surface area contributed by atoms with Gasteiger partial charge in [0.15, 0.2) is 0 Å². The van der Waals surface area contributed by atoms with Crippen LogP contribution in [0, 0.1) is 6.92 Å². The number of hydrogen-bond donors (Lipinski definition) is 0. The van der Waals surface area contributed by atoms with Gasteiger partial charge in [-0.15, -0.1) is 11.3 Å². The normalized spacial score (nSPS) is 26.1. The Labute approximate surface area is 153 Å². The first-order valence-corrected chi connectivity index (χ1v) is 10.2. The first-order valence-electron chi connectivity index (χ1n) is 9.29. The number of likely N-dealkylation sites (tertiary alicyclic amines) is 2. The molecule has 3 fully saturated rings. The van der Waals surface area contributed by atoms with Crippen LogP contribution in [0.4, 0.5) is 0 Å². The van der Waals surface area contributed by atoms with Crippen LogP contribution in [-0.4, -0.2) is 71.7 Å². The summed E-state index contributed by atoms with van der Waals surface area (Å²) in [7, 11) is 0. The predicted molar refractivity (Wildman–Crippen MR) is 95.6 cm³/mol. The molecule has 138 valence electrons. The SMILES string of the molecule is Cc1nc(CO[C@H]2CCOC3(C2)CN(CC(=O)N2CCCC2)C3)cs1. The number of carbonyl (C=O) groups excluding carboxylic acids is 1. The van der Waals surface area contributed by atoms with Gasteiger partial charge in [0.05, 0.1) is 35.6 Å². The third kappa shape index (κ3) is 4.05. The maximum absolute atomic E-state index is 12.3. The van der Waals surface area contributed by atoms with Gasteiger partial charge in [0.1, 0.15) is 0 Å². The molecule has 0 aromatic carbocycles. The van der Waals surface area contributed by atoms with E-state index in [4.69, 9.17) is 9.47 Å². The van der Waals surface area contributed by atoms with E-state index in [9.17, 15) is 4.79 Å². The summed E-state index contributed by atoms with van der Waals surface area (Å²) >= 11 is 1.66. The van der Waals surface area contributed by atoms with Crippen LogP contribution in [-0.2, 0) is 20.9 Å². The molecular formula is C18H27N3O3S. The molecule has 3 aliphatic heterocycles. The molecular weight excluding hydrogens is 338 g/mol. The van der Waals surface area contributed by atoms with Crippen LogP contribution in [0.15, 0.2) is 5.38 Å². The first kappa shape index (κ1) is 17.4. The van der Waals surface area contributed by atoms with Gasteiger partial charge in [-0.05, 0) is 26.2 Å². The summed E-state index contributed by atoms with van der Waals surface area (Å²) < 4.78 is 12.1. The second kappa shape index (κ2) is 7.31. The largest absolute Gasteiger partial charge is 0.372 e. The number of aryl methyl sites for hydroxylation is 1. The van der Waals surface area contributed by atoms with Crippen molar-refractivity contribution in [3.05, 3.63) is 16.1 Å². The highest BCUT2D eigenvalue weighted by Crippen LogP contribution is 2.35. The minimum absolute atomic E-state index is 0.105. The minimum Gasteiger partial charge on any atom is -0.372 e. The summed E-state index contributed by atoms with van der Waals surface area (Å²) in [4.78, 5) is 20.9. The second-order valence-electron chi connectivity index (χ2n) is 7.55. The summed E-state index contributed by atoms with van der Waals surface area (Å²) in [5.74, 6) is 0.273. The summed E-state index contributed by atoms with van der Waals surface area (Å²) in [6.07, 6.45) is 4.39. The third-order valence-corrected chi connectivity index (χ3v) is 6.24. The molecule has 7 heteroatoms. The molecule has 1 atom stereocenters. The summed E-state index contributed by atoms with van der Waals surface area (Å²) in [6.45, 7) is 7.45. The standard InChI is InChI=1S/C18H27N3O3S/c1-14-19-15(11-25-14)10-23-16-4-7-24-18(8-16)12-20(13-18)9-17(22)21-5-2-3-6-21/h11,16H,2-10,12-13H2,1H3/t16-/m0/s1. The molecule has 1 spiro atoms. The van der Waals surface area contributed by atoms with Crippen LogP contribution >= 0.6 is 11.3 Å². The monoisotopic (exact) mass is 365 g/mol. The van der Waals surface area contributed by atoms with Crippen LogP contribution in [0.2, 0.25) is 0 Å². The Bertz CT molecular complexity index is 608. The van der Waals surface area contributed by atoms with Gasteiger partial charge >= 0.3 is 0 Å². The zero-order valence-corrected chi connectivity index (χ0v) is 15.7. The number of nitrogens with zero attached hydrogens (tertiary/aromatic N) is 3. The van der Waals surface area contributed by atoms with E-state index >= 15 is 0 Å². The molecule has 25 heavy (non-hydrogen) atoms. The van der Waals surface area contributed by atoms with Crippen molar-refractivity contribution in [2.45, 2.75) is 50.9 Å². The topological polar surface area (TPSA) is 54.9 Å². The molecule has 1 aromatic rings. The van der Waals surface area contributed by atoms with Crippen LogP contribution in [0.1, 0.15) is 36.4 Å². The molecule has 4 heterocycles. The number of amides is 1. The fraction of sp³-hybridized carbons (Fsp3) is 0.778. The van der Waals surface area contributed by atoms with Gasteiger partial charge in [-0.3, -0.25) is 9.69 Å². The molecule has 0 bridgehead atoms. The average molecular weight is 365 g/mol. The van der Waals surface area contributed by atoms with E-state index in [0.717, 1.165) is 69.2 Å². The van der Waals surface area contributed by atoms with Crippen molar-refractivity contribution in [1.82, 2.24) is 14.8 Å². The van der Waals surface area contributed by atoms with Crippen LogP contribution in [0.5, 0.6) is 0 Å². The Morgan fingerprint density at radius 1 is 1.44 bits per heavy atom. The van der Waals surface area contributed by atoms with Crippen molar-refractivity contribution in [2.75, 3.05) is 39.3 Å². The zero-order valence-electron chi connectivity index (χ0n) is 14.9. The lowest BCUT2D eigenvalue weighted by molar-refractivity contribution is -0.199. The lowest BCUT2D eigenvalue weighted by atomic mass is 9.84. The molecule has 0 radical (unpaired) electrons. The molecule has 4 rings (SSSR count). The zero-order chi connectivity index (χ0) is 17.3. The summed E-state index contributed by atoms with van der Waals surface area (Å²) in [5.41, 5.74) is 0.918. The van der Waals surface area contributed by atoms with E-state index in [2.05, 4.69) is 15.3 Å². The number of hydrogen-bond acceptors (Lipinski definition) is 6. The van der Waals surface area contributed by atoms with Crippen LogP contribution in [0.3, 0.4) is 0 Å². The van der Waals surface area contributed by atoms with E-state index < -0.39 is 0 Å². The number of rotatable bonds is 5. The Morgan fingerprint density at radius 3 is 2.96 bits per heavy atom. The van der Waals surface area contributed by atoms with Crippen molar-refractivity contribution in [3.63, 3.8) is 0 Å². The number of carbonyl (C=O) groups is 1. The number of aromatic nitrogens is 1. The molecule has 3 aliphatic rings. The van der Waals surface area contributed by atoms with Crippen molar-refractivity contribution in [1.29, 1.82) is 0 Å². The fourth-order valence-corrected chi connectivity index (χ4v) is 4.76. The van der Waals surface area contributed by atoms with Gasteiger partial charge in [-0.25, -0.2) is 4.98 Å². The highest BCUT2D eigenvalue weighted by atomic mass is 32.1. The Balaban J connectivity index is 1.22. The lowest BCUT2D eigenvalue weighted by Crippen LogP contribution is -2.67. The Kier molecular flexibility index (Phi) is 5.08. The van der Waals surface area contributed by atoms with Crippen molar-refractivity contribution in [3.8, 4) is 0 Å². The van der Waals surface area contributed by atoms with Gasteiger partial charge in [0, 0.05) is 44.6 Å². The van der Waals surface area contributed by atoms with Crippen molar-refractivity contribution < 1.29 is 14.3 Å². The quantitative estimate of drug-likeness (QED) is 0.797. The van der Waals surface area contributed by atoms with E-state index in [0.29, 0.717) is 13.2 Å². The smallest absolute Gasteiger partial charge is 0.236 e. The number of ether oxygens (including phenoxy) is 2. The molecule has 0 unspecified atom stereocenters. The molecule has 3 saturated heterocycles. The van der Waals surface area contributed by atoms with Gasteiger partial charge < -0.3 is 14.4 Å². The molecule has 0 N–H and O–H groups in total. The van der Waals surface area contributed by atoms with Crippen LogP contribution in [0.25, 0.3) is 0 Å². The van der Waals surface area contributed by atoms with Crippen molar-refractivity contribution >= 4 is 17.2 Å². The predicted octanol–water partition coefficient (Wildman–Crippen LogP) is 1.82. The van der Waals surface area contributed by atoms with Gasteiger partial charge in [-0.1, -0.05) is 0 Å². The Hall–Kier alpha value is -1.02. The van der Waals surface area contributed by atoms with Crippen LogP contribution < -0.4 is 0 Å². The molecule has 1 amide bonds. The Morgan fingerprint density at radius 2 is 2.24 bits per heavy atom. The highest BCUT2D eigenvalue weighted by Gasteiger charge is 2.48. The second-order valence-corrected chi connectivity index (χ2v) is 8.61. The maximum Gasteiger partial charge on any atom is 0.236 e. The minimum atomic E-state index is -0.105. The van der Waals surface area contributed by atoms with E-state index in [-0.39, 0.29) is 17.6 Å². The number of thiazole rings is 1. The van der Waals surface area contributed by atoms with Gasteiger partial charge in [0.2, 0.25) is 5.91 Å². The highest BCUT2D eigenvalue weighted by molar-refractivity contribution is 7.09.